The number of carbonyl (C=O) groups excluding carboxylic acids is 1. The van der Waals surface area contributed by atoms with Crippen molar-refractivity contribution in [1.29, 1.82) is 5.41 Å². The van der Waals surface area contributed by atoms with Crippen molar-refractivity contribution in [1.82, 2.24) is 20.4 Å². The van der Waals surface area contributed by atoms with Gasteiger partial charge in [0.15, 0.2) is 0 Å². The van der Waals surface area contributed by atoms with Crippen LogP contribution >= 0.6 is 0 Å². The number of carbonyl (C=O) groups is 1. The zero-order chi connectivity index (χ0) is 26.1. The van der Waals surface area contributed by atoms with Crippen molar-refractivity contribution in [3.05, 3.63) is 70.6 Å². The maximum atomic E-state index is 12.1. The van der Waals surface area contributed by atoms with Crippen LogP contribution in [0.4, 0.5) is 0 Å². The molecule has 3 heterocycles. The summed E-state index contributed by atoms with van der Waals surface area (Å²) in [6.07, 6.45) is 14.7. The molecule has 0 atom stereocenters. The van der Waals surface area contributed by atoms with Crippen molar-refractivity contribution in [2.24, 2.45) is 27.4 Å². The number of fused-ring (bicyclic) bond motifs is 1. The summed E-state index contributed by atoms with van der Waals surface area (Å²) in [5.41, 5.74) is 16.2. The highest BCUT2D eigenvalue weighted by Crippen LogP contribution is 2.22. The minimum Gasteiger partial charge on any atom is -0.404 e. The second-order valence-corrected chi connectivity index (χ2v) is 9.17. The lowest BCUT2D eigenvalue weighted by molar-refractivity contribution is -0.135. The summed E-state index contributed by atoms with van der Waals surface area (Å²) >= 11 is 0. The highest BCUT2D eigenvalue weighted by molar-refractivity contribution is 5.97. The van der Waals surface area contributed by atoms with Gasteiger partial charge in [0.2, 0.25) is 5.91 Å². The van der Waals surface area contributed by atoms with E-state index in [1.807, 2.05) is 55.1 Å². The highest BCUT2D eigenvalue weighted by Gasteiger charge is 2.20. The number of likely N-dealkylation sites (N-methyl/N-ethyl adjacent to an activating group) is 1. The molecule has 0 saturated carbocycles. The third-order valence-corrected chi connectivity index (χ3v) is 6.01. The number of piperazine rings is 1. The van der Waals surface area contributed by atoms with Crippen molar-refractivity contribution < 1.29 is 4.79 Å². The maximum Gasteiger partial charge on any atom is 0.236 e. The Labute approximate surface area is 213 Å². The van der Waals surface area contributed by atoms with Crippen LogP contribution in [0.3, 0.4) is 0 Å². The van der Waals surface area contributed by atoms with E-state index in [-0.39, 0.29) is 11.8 Å². The number of amides is 1. The molecule has 3 aliphatic rings. The Morgan fingerprint density at radius 3 is 2.78 bits per heavy atom. The van der Waals surface area contributed by atoms with Crippen molar-refractivity contribution in [3.8, 4) is 0 Å². The van der Waals surface area contributed by atoms with Crippen molar-refractivity contribution in [2.45, 2.75) is 20.3 Å². The molecule has 10 heteroatoms. The van der Waals surface area contributed by atoms with Crippen LogP contribution < -0.4 is 22.1 Å². The summed E-state index contributed by atoms with van der Waals surface area (Å²) in [6, 6.07) is 0. The molecular formula is C26H37N9O. The molecule has 1 fully saturated rings. The first-order chi connectivity index (χ1) is 17.3. The summed E-state index contributed by atoms with van der Waals surface area (Å²) in [5.74, 6) is 1.28. The second-order valence-electron chi connectivity index (χ2n) is 9.17. The predicted molar refractivity (Wildman–Crippen MR) is 146 cm³/mol. The van der Waals surface area contributed by atoms with Crippen LogP contribution in [0, 0.1) is 11.3 Å². The third-order valence-electron chi connectivity index (χ3n) is 6.01. The third kappa shape index (κ3) is 7.29. The van der Waals surface area contributed by atoms with Crippen molar-refractivity contribution in [3.63, 3.8) is 0 Å². The molecule has 1 amide bonds. The van der Waals surface area contributed by atoms with Crippen molar-refractivity contribution >= 4 is 24.2 Å². The molecule has 0 spiro atoms. The number of rotatable bonds is 10. The van der Waals surface area contributed by atoms with Gasteiger partial charge in [0.1, 0.15) is 11.7 Å². The van der Waals surface area contributed by atoms with E-state index in [4.69, 9.17) is 16.9 Å². The summed E-state index contributed by atoms with van der Waals surface area (Å²) in [7, 11) is 1.96. The number of amidine groups is 1. The lowest BCUT2D eigenvalue weighted by Crippen LogP contribution is -2.49. The fourth-order valence-corrected chi connectivity index (χ4v) is 3.83. The Morgan fingerprint density at radius 2 is 2.08 bits per heavy atom. The molecule has 192 valence electrons. The molecule has 36 heavy (non-hydrogen) atoms. The van der Waals surface area contributed by atoms with Gasteiger partial charge >= 0.3 is 0 Å². The zero-order valence-electron chi connectivity index (χ0n) is 21.3. The average Bonchev–Trinajstić information content (AvgIpc) is 2.85. The van der Waals surface area contributed by atoms with E-state index < -0.39 is 0 Å². The van der Waals surface area contributed by atoms with Gasteiger partial charge in [0.05, 0.1) is 17.9 Å². The van der Waals surface area contributed by atoms with Crippen LogP contribution in [0.5, 0.6) is 0 Å². The molecule has 1 saturated heterocycles. The van der Waals surface area contributed by atoms with E-state index in [0.29, 0.717) is 31.3 Å². The number of hydrogen-bond acceptors (Lipinski definition) is 8. The molecular weight excluding hydrogens is 454 g/mol. The average molecular weight is 492 g/mol. The number of allylic oxidation sites excluding steroid dienone is 6. The number of aliphatic imine (C=N–C) groups is 2. The topological polar surface area (TPSA) is 148 Å². The van der Waals surface area contributed by atoms with Gasteiger partial charge in [-0.2, -0.15) is 0 Å². The molecule has 0 aliphatic carbocycles. The van der Waals surface area contributed by atoms with E-state index in [2.05, 4.69) is 20.6 Å². The zero-order valence-corrected chi connectivity index (χ0v) is 21.3. The summed E-state index contributed by atoms with van der Waals surface area (Å²) in [6.45, 7) is 7.49. The van der Waals surface area contributed by atoms with Crippen LogP contribution in [-0.4, -0.2) is 73.7 Å². The minimum atomic E-state index is 0.176. The minimum absolute atomic E-state index is 0.176. The molecule has 3 aliphatic heterocycles. The lowest BCUT2D eigenvalue weighted by atomic mass is 10.0. The van der Waals surface area contributed by atoms with Crippen LogP contribution in [0.25, 0.3) is 0 Å². The smallest absolute Gasteiger partial charge is 0.236 e. The Hall–Kier alpha value is -3.92. The van der Waals surface area contributed by atoms with Crippen LogP contribution in [0.1, 0.15) is 20.3 Å². The first-order valence-electron chi connectivity index (χ1n) is 12.1. The Balaban J connectivity index is 1.58. The molecule has 0 aromatic carbocycles. The van der Waals surface area contributed by atoms with Gasteiger partial charge in [0, 0.05) is 62.2 Å². The lowest BCUT2D eigenvalue weighted by Gasteiger charge is -2.31. The number of dihydropyridines is 2. The monoisotopic (exact) mass is 491 g/mol. The van der Waals surface area contributed by atoms with Crippen molar-refractivity contribution in [2.75, 3.05) is 39.8 Å². The molecule has 10 nitrogen and oxygen atoms in total. The van der Waals surface area contributed by atoms with Gasteiger partial charge in [-0.15, -0.1) is 0 Å². The standard InChI is InChI=1S/C26H37N9O/c1-18(2)19(13-27)12-24(29)33-25-6-5-22-23(32-25)11-20(16-31-22)21(14-28)15-30-7-4-8-35-10-9-34(3)17-26(35)36/h5-6,11-16,18,27,31-32H,4,7-10,17,28H2,1-3H3,(H2,29,33). The van der Waals surface area contributed by atoms with Crippen LogP contribution in [-0.2, 0) is 4.79 Å². The Kier molecular flexibility index (Phi) is 9.40. The summed E-state index contributed by atoms with van der Waals surface area (Å²) < 4.78 is 0. The molecule has 0 radical (unpaired) electrons. The number of hydrogen-bond donors (Lipinski definition) is 5. The van der Waals surface area contributed by atoms with Crippen LogP contribution in [0.2, 0.25) is 0 Å². The largest absolute Gasteiger partial charge is 0.404 e. The van der Waals surface area contributed by atoms with Crippen LogP contribution in [0.15, 0.2) is 80.6 Å². The number of nitrogens with zero attached hydrogens (tertiary/aromatic N) is 4. The predicted octanol–water partition coefficient (Wildman–Crippen LogP) is 1.35. The normalized spacial score (nSPS) is 19.8. The molecule has 7 N–H and O–H groups in total. The number of nitrogens with two attached hydrogens (primary N) is 2. The summed E-state index contributed by atoms with van der Waals surface area (Å²) in [4.78, 5) is 25.0. The van der Waals surface area contributed by atoms with Gasteiger partial charge in [-0.25, -0.2) is 4.99 Å². The molecule has 0 aromatic rings. The quantitative estimate of drug-likeness (QED) is 0.177. The summed E-state index contributed by atoms with van der Waals surface area (Å²) in [5, 5.41) is 14.1. The number of nitrogens with one attached hydrogen (secondary N) is 3. The first-order valence-corrected chi connectivity index (χ1v) is 12.1. The van der Waals surface area contributed by atoms with E-state index >= 15 is 0 Å². The first kappa shape index (κ1) is 26.7. The molecule has 0 bridgehead atoms. The fourth-order valence-electron chi connectivity index (χ4n) is 3.83. The SMILES string of the molecule is CC(C)C(C=N)=CC(N)=NC1=CC=C2NC=C(C(C=NCCCN3CCN(C)CC3=O)=CN)C=C2N1. The van der Waals surface area contributed by atoms with Gasteiger partial charge in [-0.05, 0) is 49.3 Å². The molecule has 0 unspecified atom stereocenters. The van der Waals surface area contributed by atoms with Gasteiger partial charge in [0.25, 0.3) is 0 Å². The maximum absolute atomic E-state index is 12.1. The van der Waals surface area contributed by atoms with E-state index in [9.17, 15) is 4.79 Å². The van der Waals surface area contributed by atoms with E-state index in [1.54, 1.807) is 12.3 Å². The second kappa shape index (κ2) is 12.7. The fraction of sp³-hybridized carbons (Fsp3) is 0.385. The molecule has 0 aromatic heterocycles. The Morgan fingerprint density at radius 1 is 1.28 bits per heavy atom. The van der Waals surface area contributed by atoms with E-state index in [1.165, 1.54) is 12.4 Å². The highest BCUT2D eigenvalue weighted by atomic mass is 16.2. The molecule has 3 rings (SSSR count). The Bertz CT molecular complexity index is 1100. The van der Waals surface area contributed by atoms with Gasteiger partial charge < -0.3 is 32.4 Å². The van der Waals surface area contributed by atoms with Gasteiger partial charge in [-0.1, -0.05) is 13.8 Å². The van der Waals surface area contributed by atoms with Gasteiger partial charge in [-0.3, -0.25) is 14.7 Å². The van der Waals surface area contributed by atoms with E-state index in [0.717, 1.165) is 47.6 Å².